The Balaban J connectivity index is 2.15. The number of carbonyl (C=O) groups is 1. The SMILES string of the molecule is CCNC(=O)N1C[C@H](c2ccc(Cl)cc2Cl)[C@@H](N)C1. The van der Waals surface area contributed by atoms with Crippen molar-refractivity contribution in [3.05, 3.63) is 33.8 Å². The summed E-state index contributed by atoms with van der Waals surface area (Å²) in [6, 6.07) is 5.20. The van der Waals surface area contributed by atoms with Crippen molar-refractivity contribution in [3.8, 4) is 0 Å². The molecule has 1 aliphatic rings. The first-order chi connectivity index (χ1) is 9.02. The minimum absolute atomic E-state index is 0.0485. The van der Waals surface area contributed by atoms with Gasteiger partial charge >= 0.3 is 6.03 Å². The summed E-state index contributed by atoms with van der Waals surface area (Å²) in [5.41, 5.74) is 7.08. The van der Waals surface area contributed by atoms with Gasteiger partial charge in [0.2, 0.25) is 0 Å². The molecule has 19 heavy (non-hydrogen) atoms. The van der Waals surface area contributed by atoms with E-state index in [2.05, 4.69) is 5.32 Å². The number of rotatable bonds is 2. The van der Waals surface area contributed by atoms with E-state index in [-0.39, 0.29) is 18.0 Å². The van der Waals surface area contributed by atoms with Crippen LogP contribution in [-0.4, -0.2) is 36.6 Å². The second-order valence-corrected chi connectivity index (χ2v) is 5.52. The third kappa shape index (κ3) is 3.14. The zero-order valence-corrected chi connectivity index (χ0v) is 12.2. The summed E-state index contributed by atoms with van der Waals surface area (Å²) < 4.78 is 0. The van der Waals surface area contributed by atoms with Crippen LogP contribution < -0.4 is 11.1 Å². The van der Waals surface area contributed by atoms with E-state index in [0.717, 1.165) is 5.56 Å². The van der Waals surface area contributed by atoms with Crippen molar-refractivity contribution >= 4 is 29.2 Å². The molecule has 0 radical (unpaired) electrons. The maximum atomic E-state index is 11.8. The first-order valence-corrected chi connectivity index (χ1v) is 7.01. The normalized spacial score (nSPS) is 22.6. The Morgan fingerprint density at radius 1 is 1.47 bits per heavy atom. The zero-order valence-electron chi connectivity index (χ0n) is 10.7. The van der Waals surface area contributed by atoms with Crippen LogP contribution in [0.3, 0.4) is 0 Å². The van der Waals surface area contributed by atoms with Gasteiger partial charge < -0.3 is 16.0 Å². The highest BCUT2D eigenvalue weighted by Gasteiger charge is 2.34. The number of nitrogens with zero attached hydrogens (tertiary/aromatic N) is 1. The first-order valence-electron chi connectivity index (χ1n) is 6.26. The average molecular weight is 302 g/mol. The Labute approximate surface area is 122 Å². The molecule has 6 heteroatoms. The van der Waals surface area contributed by atoms with Crippen LogP contribution in [0.2, 0.25) is 10.0 Å². The average Bonchev–Trinajstić information content (AvgIpc) is 2.72. The highest BCUT2D eigenvalue weighted by Crippen LogP contribution is 2.33. The van der Waals surface area contributed by atoms with Crippen molar-refractivity contribution in [2.45, 2.75) is 18.9 Å². The molecular formula is C13H17Cl2N3O. The largest absolute Gasteiger partial charge is 0.338 e. The lowest BCUT2D eigenvalue weighted by molar-refractivity contribution is 0.208. The van der Waals surface area contributed by atoms with E-state index in [4.69, 9.17) is 28.9 Å². The predicted octanol–water partition coefficient (Wildman–Crippen LogP) is 2.45. The van der Waals surface area contributed by atoms with E-state index in [0.29, 0.717) is 29.7 Å². The second-order valence-electron chi connectivity index (χ2n) is 4.68. The van der Waals surface area contributed by atoms with E-state index in [1.807, 2.05) is 13.0 Å². The summed E-state index contributed by atoms with van der Waals surface area (Å²) in [7, 11) is 0. The topological polar surface area (TPSA) is 58.4 Å². The molecule has 1 saturated heterocycles. The Kier molecular flexibility index (Phi) is 4.55. The van der Waals surface area contributed by atoms with Crippen molar-refractivity contribution in [1.82, 2.24) is 10.2 Å². The van der Waals surface area contributed by atoms with Gasteiger partial charge in [-0.3, -0.25) is 0 Å². The predicted molar refractivity (Wildman–Crippen MR) is 77.8 cm³/mol. The molecule has 0 spiro atoms. The molecule has 1 aliphatic heterocycles. The van der Waals surface area contributed by atoms with Crippen molar-refractivity contribution in [2.24, 2.45) is 5.73 Å². The summed E-state index contributed by atoms with van der Waals surface area (Å²) in [6.07, 6.45) is 0. The number of nitrogens with one attached hydrogen (secondary N) is 1. The quantitative estimate of drug-likeness (QED) is 0.881. The number of likely N-dealkylation sites (tertiary alicyclic amines) is 1. The van der Waals surface area contributed by atoms with Crippen molar-refractivity contribution < 1.29 is 4.79 Å². The minimum Gasteiger partial charge on any atom is -0.338 e. The third-order valence-corrected chi connectivity index (χ3v) is 3.90. The first kappa shape index (κ1) is 14.4. The lowest BCUT2D eigenvalue weighted by Gasteiger charge is -2.17. The molecule has 1 aromatic rings. The van der Waals surface area contributed by atoms with Crippen LogP contribution in [-0.2, 0) is 0 Å². The summed E-state index contributed by atoms with van der Waals surface area (Å²) in [4.78, 5) is 13.5. The molecule has 1 heterocycles. The Hall–Kier alpha value is -0.970. The van der Waals surface area contributed by atoms with Crippen LogP contribution in [0.5, 0.6) is 0 Å². The maximum absolute atomic E-state index is 11.8. The smallest absolute Gasteiger partial charge is 0.317 e. The summed E-state index contributed by atoms with van der Waals surface area (Å²) in [5, 5.41) is 3.98. The number of carbonyl (C=O) groups excluding carboxylic acids is 1. The summed E-state index contributed by atoms with van der Waals surface area (Å²) >= 11 is 12.1. The Morgan fingerprint density at radius 3 is 2.84 bits per heavy atom. The molecule has 1 aromatic carbocycles. The van der Waals surface area contributed by atoms with Gasteiger partial charge in [-0.1, -0.05) is 29.3 Å². The Morgan fingerprint density at radius 2 is 2.21 bits per heavy atom. The molecule has 0 saturated carbocycles. The van der Waals surface area contributed by atoms with Crippen LogP contribution in [0.1, 0.15) is 18.4 Å². The molecule has 104 valence electrons. The molecule has 0 aliphatic carbocycles. The van der Waals surface area contributed by atoms with Gasteiger partial charge in [0, 0.05) is 41.6 Å². The van der Waals surface area contributed by atoms with E-state index in [1.165, 1.54) is 0 Å². The summed E-state index contributed by atoms with van der Waals surface area (Å²) in [6.45, 7) is 3.61. The summed E-state index contributed by atoms with van der Waals surface area (Å²) in [5.74, 6) is 0.0485. The number of halogens is 2. The fourth-order valence-corrected chi connectivity index (χ4v) is 2.94. The van der Waals surface area contributed by atoms with Crippen LogP contribution in [0, 0.1) is 0 Å². The monoisotopic (exact) mass is 301 g/mol. The highest BCUT2D eigenvalue weighted by molar-refractivity contribution is 6.35. The van der Waals surface area contributed by atoms with E-state index < -0.39 is 0 Å². The van der Waals surface area contributed by atoms with Crippen LogP contribution in [0.25, 0.3) is 0 Å². The van der Waals surface area contributed by atoms with Gasteiger partial charge in [0.05, 0.1) is 0 Å². The zero-order chi connectivity index (χ0) is 14.0. The molecule has 1 fully saturated rings. The molecule has 0 bridgehead atoms. The number of benzene rings is 1. The molecule has 0 aromatic heterocycles. The van der Waals surface area contributed by atoms with Gasteiger partial charge in [0.25, 0.3) is 0 Å². The molecular weight excluding hydrogens is 285 g/mol. The highest BCUT2D eigenvalue weighted by atomic mass is 35.5. The van der Waals surface area contributed by atoms with Gasteiger partial charge in [0.1, 0.15) is 0 Å². The molecule has 2 atom stereocenters. The van der Waals surface area contributed by atoms with Gasteiger partial charge in [-0.15, -0.1) is 0 Å². The molecule has 3 N–H and O–H groups in total. The van der Waals surface area contributed by atoms with E-state index in [9.17, 15) is 4.79 Å². The third-order valence-electron chi connectivity index (χ3n) is 3.34. The molecule has 4 nitrogen and oxygen atoms in total. The van der Waals surface area contributed by atoms with Crippen molar-refractivity contribution in [3.63, 3.8) is 0 Å². The fourth-order valence-electron chi connectivity index (χ4n) is 2.39. The maximum Gasteiger partial charge on any atom is 0.317 e. The number of hydrogen-bond donors (Lipinski definition) is 2. The van der Waals surface area contributed by atoms with Crippen LogP contribution in [0.4, 0.5) is 4.79 Å². The van der Waals surface area contributed by atoms with Crippen molar-refractivity contribution in [2.75, 3.05) is 19.6 Å². The molecule has 0 unspecified atom stereocenters. The number of nitrogens with two attached hydrogens (primary N) is 1. The lowest BCUT2D eigenvalue weighted by Crippen LogP contribution is -2.39. The van der Waals surface area contributed by atoms with Gasteiger partial charge in [0.15, 0.2) is 0 Å². The van der Waals surface area contributed by atoms with E-state index in [1.54, 1.807) is 17.0 Å². The molecule has 2 rings (SSSR count). The van der Waals surface area contributed by atoms with Crippen molar-refractivity contribution in [1.29, 1.82) is 0 Å². The number of urea groups is 1. The van der Waals surface area contributed by atoms with Crippen LogP contribution in [0.15, 0.2) is 18.2 Å². The van der Waals surface area contributed by atoms with Gasteiger partial charge in [-0.2, -0.15) is 0 Å². The molecule has 2 amide bonds. The van der Waals surface area contributed by atoms with E-state index >= 15 is 0 Å². The van der Waals surface area contributed by atoms with Gasteiger partial charge in [-0.05, 0) is 24.6 Å². The minimum atomic E-state index is -0.110. The van der Waals surface area contributed by atoms with Crippen LogP contribution >= 0.6 is 23.2 Å². The lowest BCUT2D eigenvalue weighted by atomic mass is 9.95. The Bertz CT molecular complexity index is 481. The number of hydrogen-bond acceptors (Lipinski definition) is 2. The second kappa shape index (κ2) is 5.99. The standard InChI is InChI=1S/C13H17Cl2N3O/c1-2-17-13(19)18-6-10(12(16)7-18)9-4-3-8(14)5-11(9)15/h3-5,10,12H,2,6-7,16H2,1H3,(H,17,19)/t10-,12+/m1/s1. The fraction of sp³-hybridized carbons (Fsp3) is 0.462. The van der Waals surface area contributed by atoms with Gasteiger partial charge in [-0.25, -0.2) is 4.79 Å². The number of amides is 2.